The van der Waals surface area contributed by atoms with Gasteiger partial charge in [0.15, 0.2) is 0 Å². The topological polar surface area (TPSA) is 45.3 Å². The van der Waals surface area contributed by atoms with Crippen molar-refractivity contribution in [1.29, 1.82) is 0 Å². The van der Waals surface area contributed by atoms with Gasteiger partial charge >= 0.3 is 6.09 Å². The van der Waals surface area contributed by atoms with Crippen LogP contribution in [-0.4, -0.2) is 22.5 Å². The molecule has 2 aromatic carbocycles. The number of halogens is 2. The number of amides is 1. The highest BCUT2D eigenvalue weighted by Gasteiger charge is 2.31. The molecule has 1 N–H and O–H groups in total. The zero-order chi connectivity index (χ0) is 17.6. The molecule has 0 spiro atoms. The number of aromatic amines is 1. The molecule has 25 heavy (non-hydrogen) atoms. The zero-order valence-corrected chi connectivity index (χ0v) is 15.9. The average molecular weight is 420 g/mol. The number of aromatic nitrogens is 1. The minimum Gasteiger partial charge on any atom is -0.410 e. The quantitative estimate of drug-likeness (QED) is 0.550. The lowest BCUT2D eigenvalue weighted by molar-refractivity contribution is 0.130. The molecule has 0 radical (unpaired) electrons. The molecule has 6 heteroatoms. The Bertz CT molecular complexity index is 952. The van der Waals surface area contributed by atoms with Gasteiger partial charge in [-0.05, 0) is 61.4 Å². The molecule has 0 saturated carbocycles. The summed E-state index contributed by atoms with van der Waals surface area (Å²) in [4.78, 5) is 17.8. The van der Waals surface area contributed by atoms with Crippen molar-refractivity contribution in [2.45, 2.75) is 19.4 Å². The Morgan fingerprint density at radius 2 is 2.04 bits per heavy atom. The first-order chi connectivity index (χ1) is 12.0. The van der Waals surface area contributed by atoms with Crippen LogP contribution in [0.4, 0.5) is 4.79 Å². The van der Waals surface area contributed by atoms with Gasteiger partial charge in [-0.15, -0.1) is 0 Å². The first kappa shape index (κ1) is 16.5. The van der Waals surface area contributed by atoms with E-state index < -0.39 is 0 Å². The van der Waals surface area contributed by atoms with Crippen molar-refractivity contribution >= 4 is 44.5 Å². The van der Waals surface area contributed by atoms with Crippen LogP contribution in [0.5, 0.6) is 5.75 Å². The Labute approximate surface area is 158 Å². The molecule has 4 rings (SSSR count). The predicted octanol–water partition coefficient (Wildman–Crippen LogP) is 5.70. The lowest BCUT2D eigenvalue weighted by Crippen LogP contribution is -2.40. The van der Waals surface area contributed by atoms with Crippen LogP contribution in [0.3, 0.4) is 0 Å². The van der Waals surface area contributed by atoms with Crippen molar-refractivity contribution in [3.63, 3.8) is 0 Å². The van der Waals surface area contributed by atoms with Crippen molar-refractivity contribution in [2.24, 2.45) is 0 Å². The predicted molar refractivity (Wildman–Crippen MR) is 102 cm³/mol. The summed E-state index contributed by atoms with van der Waals surface area (Å²) in [6, 6.07) is 12.9. The van der Waals surface area contributed by atoms with Crippen LogP contribution in [0.15, 0.2) is 46.9 Å². The molecule has 128 valence electrons. The molecule has 1 amide bonds. The zero-order valence-electron chi connectivity index (χ0n) is 13.6. The lowest BCUT2D eigenvalue weighted by atomic mass is 9.99. The van der Waals surface area contributed by atoms with Gasteiger partial charge in [0.25, 0.3) is 0 Å². The third kappa shape index (κ3) is 3.02. The Morgan fingerprint density at radius 1 is 1.28 bits per heavy atom. The average Bonchev–Trinajstić information content (AvgIpc) is 2.96. The number of fused-ring (bicyclic) bond motifs is 3. The Kier molecular flexibility index (Phi) is 4.21. The highest BCUT2D eigenvalue weighted by atomic mass is 79.9. The molecule has 2 heterocycles. The summed E-state index contributed by atoms with van der Waals surface area (Å²) >= 11 is 9.40. The fourth-order valence-electron chi connectivity index (χ4n) is 3.36. The fourth-order valence-corrected chi connectivity index (χ4v) is 3.85. The van der Waals surface area contributed by atoms with Crippen LogP contribution >= 0.6 is 27.5 Å². The highest BCUT2D eigenvalue weighted by Crippen LogP contribution is 2.35. The second-order valence-corrected chi connectivity index (χ2v) is 7.50. The summed E-state index contributed by atoms with van der Waals surface area (Å²) < 4.78 is 6.55. The molecule has 4 nitrogen and oxygen atoms in total. The van der Waals surface area contributed by atoms with E-state index in [2.05, 4.69) is 33.0 Å². The van der Waals surface area contributed by atoms with E-state index in [1.807, 2.05) is 13.0 Å². The van der Waals surface area contributed by atoms with Crippen molar-refractivity contribution in [1.82, 2.24) is 9.88 Å². The molecule has 1 aliphatic rings. The number of ether oxygens (including phenoxy) is 1. The standard InChI is InChI=1S/C19H16BrClN2O2/c1-11-18-15(16-10-12(20)2-7-17(16)22-18)8-9-23(11)19(24)25-14-5-3-13(21)4-6-14/h2-7,10-11,22H,8-9H2,1H3. The number of nitrogens with one attached hydrogen (secondary N) is 1. The van der Waals surface area contributed by atoms with Crippen LogP contribution in [-0.2, 0) is 6.42 Å². The number of H-pyrrole nitrogens is 1. The van der Waals surface area contributed by atoms with E-state index in [9.17, 15) is 4.79 Å². The lowest BCUT2D eigenvalue weighted by Gasteiger charge is -2.32. The number of carbonyl (C=O) groups excluding carboxylic acids is 1. The summed E-state index contributed by atoms with van der Waals surface area (Å²) in [6.07, 6.45) is 0.451. The van der Waals surface area contributed by atoms with E-state index in [0.717, 1.165) is 22.1 Å². The molecule has 0 saturated heterocycles. The molecular weight excluding hydrogens is 404 g/mol. The van der Waals surface area contributed by atoms with Crippen LogP contribution in [0.2, 0.25) is 5.02 Å². The smallest absolute Gasteiger partial charge is 0.410 e. The first-order valence-electron chi connectivity index (χ1n) is 8.07. The minimum atomic E-state index is -0.347. The summed E-state index contributed by atoms with van der Waals surface area (Å²) in [5, 5.41) is 1.82. The van der Waals surface area contributed by atoms with Crippen molar-refractivity contribution < 1.29 is 9.53 Å². The Balaban J connectivity index is 1.60. The van der Waals surface area contributed by atoms with Gasteiger partial charge in [-0.1, -0.05) is 27.5 Å². The van der Waals surface area contributed by atoms with Gasteiger partial charge < -0.3 is 9.72 Å². The monoisotopic (exact) mass is 418 g/mol. The number of benzene rings is 2. The fraction of sp³-hybridized carbons (Fsp3) is 0.211. The maximum Gasteiger partial charge on any atom is 0.415 e. The van der Waals surface area contributed by atoms with E-state index in [1.54, 1.807) is 29.2 Å². The number of nitrogens with zero attached hydrogens (tertiary/aromatic N) is 1. The van der Waals surface area contributed by atoms with E-state index in [0.29, 0.717) is 17.3 Å². The molecule has 0 fully saturated rings. The van der Waals surface area contributed by atoms with Gasteiger partial charge in [-0.25, -0.2) is 4.79 Å². The molecule has 1 atom stereocenters. The molecule has 0 bridgehead atoms. The number of hydrogen-bond acceptors (Lipinski definition) is 2. The normalized spacial score (nSPS) is 16.8. The summed E-state index contributed by atoms with van der Waals surface area (Å²) in [6.45, 7) is 2.64. The van der Waals surface area contributed by atoms with E-state index in [1.165, 1.54) is 10.9 Å². The van der Waals surface area contributed by atoms with Gasteiger partial charge in [-0.2, -0.15) is 0 Å². The van der Waals surface area contributed by atoms with Crippen LogP contribution < -0.4 is 4.74 Å². The summed E-state index contributed by atoms with van der Waals surface area (Å²) in [5.74, 6) is 0.493. The minimum absolute atomic E-state index is 0.0743. The van der Waals surface area contributed by atoms with Crippen molar-refractivity contribution in [3.8, 4) is 5.75 Å². The number of hydrogen-bond donors (Lipinski definition) is 1. The van der Waals surface area contributed by atoms with E-state index in [-0.39, 0.29) is 12.1 Å². The SMILES string of the molecule is CC1c2[nH]c3ccc(Br)cc3c2CCN1C(=O)Oc1ccc(Cl)cc1. The Hall–Kier alpha value is -1.98. The van der Waals surface area contributed by atoms with E-state index >= 15 is 0 Å². The van der Waals surface area contributed by atoms with Crippen LogP contribution in [0.1, 0.15) is 24.2 Å². The third-order valence-electron chi connectivity index (χ3n) is 4.64. The molecular formula is C19H16BrClN2O2. The van der Waals surface area contributed by atoms with Crippen molar-refractivity contribution in [2.75, 3.05) is 6.54 Å². The van der Waals surface area contributed by atoms with Crippen molar-refractivity contribution in [3.05, 3.63) is 63.2 Å². The van der Waals surface area contributed by atoms with Gasteiger partial charge in [0.1, 0.15) is 5.75 Å². The van der Waals surface area contributed by atoms with Gasteiger partial charge in [0, 0.05) is 32.6 Å². The van der Waals surface area contributed by atoms with Gasteiger partial charge in [0.05, 0.1) is 6.04 Å². The maximum atomic E-state index is 12.6. The highest BCUT2D eigenvalue weighted by molar-refractivity contribution is 9.10. The molecule has 3 aromatic rings. The van der Waals surface area contributed by atoms with Crippen LogP contribution in [0, 0.1) is 0 Å². The summed E-state index contributed by atoms with van der Waals surface area (Å²) in [5.41, 5.74) is 3.44. The van der Waals surface area contributed by atoms with E-state index in [4.69, 9.17) is 16.3 Å². The largest absolute Gasteiger partial charge is 0.415 e. The Morgan fingerprint density at radius 3 is 2.80 bits per heavy atom. The molecule has 1 aliphatic heterocycles. The molecule has 1 unspecified atom stereocenters. The second kappa shape index (κ2) is 6.39. The van der Waals surface area contributed by atoms with Gasteiger partial charge in [0.2, 0.25) is 0 Å². The maximum absolute atomic E-state index is 12.6. The first-order valence-corrected chi connectivity index (χ1v) is 9.24. The number of rotatable bonds is 1. The molecule has 1 aromatic heterocycles. The number of carbonyl (C=O) groups is 1. The van der Waals surface area contributed by atoms with Crippen LogP contribution in [0.25, 0.3) is 10.9 Å². The summed E-state index contributed by atoms with van der Waals surface area (Å²) in [7, 11) is 0. The van der Waals surface area contributed by atoms with Gasteiger partial charge in [-0.3, -0.25) is 4.90 Å². The molecule has 0 aliphatic carbocycles. The second-order valence-electron chi connectivity index (χ2n) is 6.15. The third-order valence-corrected chi connectivity index (χ3v) is 5.39.